The molecule has 0 aliphatic carbocycles. The van der Waals surface area contributed by atoms with Crippen molar-refractivity contribution in [3.8, 4) is 0 Å². The van der Waals surface area contributed by atoms with Gasteiger partial charge < -0.3 is 10.2 Å². The lowest BCUT2D eigenvalue weighted by molar-refractivity contribution is -0.123. The largest absolute Gasteiger partial charge is 0.313 e. The van der Waals surface area contributed by atoms with Crippen molar-refractivity contribution in [3.05, 3.63) is 70.8 Å². The zero-order valence-corrected chi connectivity index (χ0v) is 21.2. The number of amides is 1. The zero-order valence-electron chi connectivity index (χ0n) is 20.2. The maximum absolute atomic E-state index is 13.1. The van der Waals surface area contributed by atoms with E-state index in [1.807, 2.05) is 15.8 Å². The first kappa shape index (κ1) is 23.7. The number of hydrogen-bond donors (Lipinski definition) is 1. The van der Waals surface area contributed by atoms with Crippen molar-refractivity contribution < 1.29 is 4.79 Å². The number of rotatable bonds is 7. The fourth-order valence-corrected chi connectivity index (χ4v) is 5.79. The van der Waals surface area contributed by atoms with Gasteiger partial charge in [0.25, 0.3) is 5.91 Å². The number of nitrogens with one attached hydrogen (secondary N) is 1. The van der Waals surface area contributed by atoms with Crippen LogP contribution in [0.25, 0.3) is 17.1 Å². The molecule has 174 valence electrons. The molecule has 0 fully saturated rings. The number of allylic oxidation sites excluding steroid dienone is 5. The molecule has 0 saturated carbocycles. The lowest BCUT2D eigenvalue weighted by atomic mass is 9.99. The van der Waals surface area contributed by atoms with Crippen LogP contribution in [0.15, 0.2) is 59.4 Å². The third-order valence-corrected chi connectivity index (χ3v) is 7.47. The SMILES string of the molecule is CC/C=C(\CCC)c1cc(C2=CC(=O)N3C=C(C4=CCNCC4)C=CC3P2)nn1C=C(C)C. The van der Waals surface area contributed by atoms with Gasteiger partial charge in [0.2, 0.25) is 0 Å². The summed E-state index contributed by atoms with van der Waals surface area (Å²) in [6, 6.07) is 2.17. The summed E-state index contributed by atoms with van der Waals surface area (Å²) >= 11 is 0. The van der Waals surface area contributed by atoms with Crippen molar-refractivity contribution in [1.29, 1.82) is 0 Å². The van der Waals surface area contributed by atoms with Crippen molar-refractivity contribution in [2.75, 3.05) is 13.1 Å². The number of carbonyl (C=O) groups excluding carboxylic acids is 1. The monoisotopic (exact) mass is 462 g/mol. The fourth-order valence-electron chi connectivity index (χ4n) is 4.46. The highest BCUT2D eigenvalue weighted by atomic mass is 31.1. The van der Waals surface area contributed by atoms with E-state index in [1.165, 1.54) is 16.7 Å². The smallest absolute Gasteiger partial charge is 0.252 e. The average Bonchev–Trinajstić information content (AvgIpc) is 3.22. The fraction of sp³-hybridized carbons (Fsp3) is 0.407. The molecule has 4 rings (SSSR count). The van der Waals surface area contributed by atoms with Gasteiger partial charge in [-0.2, -0.15) is 5.10 Å². The summed E-state index contributed by atoms with van der Waals surface area (Å²) < 4.78 is 2.00. The molecular formula is C27H35N4OP. The second kappa shape index (κ2) is 10.6. The van der Waals surface area contributed by atoms with E-state index in [4.69, 9.17) is 5.10 Å². The summed E-state index contributed by atoms with van der Waals surface area (Å²) in [7, 11) is 0.473. The van der Waals surface area contributed by atoms with Crippen molar-refractivity contribution in [1.82, 2.24) is 20.0 Å². The van der Waals surface area contributed by atoms with E-state index < -0.39 is 0 Å². The third-order valence-electron chi connectivity index (χ3n) is 5.99. The normalized spacial score (nSPS) is 21.5. The number of nitrogens with zero attached hydrogens (tertiary/aromatic N) is 3. The van der Waals surface area contributed by atoms with Crippen LogP contribution >= 0.6 is 8.58 Å². The molecule has 4 heterocycles. The van der Waals surface area contributed by atoms with Gasteiger partial charge in [-0.05, 0) is 62.4 Å². The van der Waals surface area contributed by atoms with E-state index in [0.29, 0.717) is 8.58 Å². The van der Waals surface area contributed by atoms with Gasteiger partial charge in [-0.25, -0.2) is 4.68 Å². The van der Waals surface area contributed by atoms with E-state index in [0.717, 1.165) is 61.0 Å². The molecule has 0 spiro atoms. The van der Waals surface area contributed by atoms with Gasteiger partial charge in [0.15, 0.2) is 0 Å². The minimum Gasteiger partial charge on any atom is -0.313 e. The molecule has 0 bridgehead atoms. The summed E-state index contributed by atoms with van der Waals surface area (Å²) in [6.45, 7) is 10.4. The van der Waals surface area contributed by atoms with Crippen molar-refractivity contribution in [3.63, 3.8) is 0 Å². The highest BCUT2D eigenvalue weighted by Gasteiger charge is 2.30. The van der Waals surface area contributed by atoms with E-state index in [2.05, 4.69) is 69.6 Å². The van der Waals surface area contributed by atoms with Crippen LogP contribution in [0.4, 0.5) is 0 Å². The first-order valence-corrected chi connectivity index (χ1v) is 13.1. The van der Waals surface area contributed by atoms with Gasteiger partial charge in [-0.3, -0.25) is 4.79 Å². The molecule has 1 aromatic rings. The predicted octanol–water partition coefficient (Wildman–Crippen LogP) is 5.92. The first-order valence-electron chi connectivity index (χ1n) is 12.0. The number of fused-ring (bicyclic) bond motifs is 1. The minimum absolute atomic E-state index is 0.0429. The summed E-state index contributed by atoms with van der Waals surface area (Å²) in [6.07, 6.45) is 18.9. The van der Waals surface area contributed by atoms with Crippen LogP contribution in [0.3, 0.4) is 0 Å². The summed E-state index contributed by atoms with van der Waals surface area (Å²) in [5.41, 5.74) is 7.05. The van der Waals surface area contributed by atoms with Crippen LogP contribution in [0, 0.1) is 0 Å². The van der Waals surface area contributed by atoms with Crippen LogP contribution in [-0.4, -0.2) is 39.5 Å². The summed E-state index contributed by atoms with van der Waals surface area (Å²) in [5.74, 6) is 0.114. The molecule has 1 aromatic heterocycles. The molecule has 2 atom stereocenters. The van der Waals surface area contributed by atoms with E-state index >= 15 is 0 Å². The molecule has 33 heavy (non-hydrogen) atoms. The topological polar surface area (TPSA) is 50.2 Å². The van der Waals surface area contributed by atoms with Crippen LogP contribution in [0.2, 0.25) is 0 Å². The lowest BCUT2D eigenvalue weighted by Gasteiger charge is -2.34. The highest BCUT2D eigenvalue weighted by molar-refractivity contribution is 7.51. The van der Waals surface area contributed by atoms with E-state index in [1.54, 1.807) is 6.08 Å². The lowest BCUT2D eigenvalue weighted by Crippen LogP contribution is -2.35. The van der Waals surface area contributed by atoms with Crippen LogP contribution in [0.5, 0.6) is 0 Å². The maximum Gasteiger partial charge on any atom is 0.252 e. The van der Waals surface area contributed by atoms with Crippen LogP contribution < -0.4 is 5.32 Å². The Morgan fingerprint density at radius 3 is 2.88 bits per heavy atom. The summed E-state index contributed by atoms with van der Waals surface area (Å²) in [5, 5.41) is 9.32. The zero-order chi connectivity index (χ0) is 23.4. The highest BCUT2D eigenvalue weighted by Crippen LogP contribution is 2.45. The van der Waals surface area contributed by atoms with Crippen molar-refractivity contribution in [2.24, 2.45) is 0 Å². The molecule has 3 aliphatic rings. The Morgan fingerprint density at radius 2 is 2.18 bits per heavy atom. The van der Waals surface area contributed by atoms with Gasteiger partial charge in [-0.15, -0.1) is 0 Å². The molecule has 2 unspecified atom stereocenters. The van der Waals surface area contributed by atoms with Gasteiger partial charge in [0.05, 0.1) is 17.2 Å². The first-order chi connectivity index (χ1) is 16.0. The maximum atomic E-state index is 13.1. The molecule has 6 heteroatoms. The van der Waals surface area contributed by atoms with Crippen molar-refractivity contribution in [2.45, 2.75) is 59.2 Å². The molecule has 5 nitrogen and oxygen atoms in total. The Balaban J connectivity index is 1.65. The van der Waals surface area contributed by atoms with Crippen molar-refractivity contribution >= 4 is 31.6 Å². The Kier molecular flexibility index (Phi) is 7.62. The molecule has 1 N–H and O–H groups in total. The Hall–Kier alpha value is -2.49. The standard InChI is InChI=1S/C27H35N4OP/c1-5-7-21(8-6-2)24-15-23(29-31(24)17-19(3)4)25-16-26(32)30-18-22(9-10-27(30)33-25)20-11-13-28-14-12-20/h7,9-11,15-18,27-28,33H,5-6,8,12-14H2,1-4H3/b21-7+. The molecule has 3 aliphatic heterocycles. The van der Waals surface area contributed by atoms with Gasteiger partial charge in [0, 0.05) is 30.3 Å². The molecule has 0 radical (unpaired) electrons. The Bertz CT molecular complexity index is 1100. The molecular weight excluding hydrogens is 427 g/mol. The van der Waals surface area contributed by atoms with Gasteiger partial charge in [-0.1, -0.05) is 58.7 Å². The molecule has 1 amide bonds. The second-order valence-electron chi connectivity index (χ2n) is 8.97. The average molecular weight is 463 g/mol. The van der Waals surface area contributed by atoms with Gasteiger partial charge in [0.1, 0.15) is 0 Å². The number of hydrogen-bond acceptors (Lipinski definition) is 3. The third kappa shape index (κ3) is 5.37. The Morgan fingerprint density at radius 1 is 1.33 bits per heavy atom. The Labute approximate surface area is 199 Å². The minimum atomic E-state index is 0.0429. The number of carbonyl (C=O) groups is 1. The quantitative estimate of drug-likeness (QED) is 0.512. The van der Waals surface area contributed by atoms with Gasteiger partial charge >= 0.3 is 0 Å². The summed E-state index contributed by atoms with van der Waals surface area (Å²) in [4.78, 5) is 15.0. The van der Waals surface area contributed by atoms with Crippen LogP contribution in [-0.2, 0) is 4.79 Å². The van der Waals surface area contributed by atoms with Crippen LogP contribution in [0.1, 0.15) is 64.8 Å². The number of aromatic nitrogens is 2. The molecule has 0 saturated heterocycles. The molecule has 0 aromatic carbocycles. The van der Waals surface area contributed by atoms with E-state index in [-0.39, 0.29) is 11.7 Å². The second-order valence-corrected chi connectivity index (χ2v) is 10.4. The predicted molar refractivity (Wildman–Crippen MR) is 141 cm³/mol. The van der Waals surface area contributed by atoms with E-state index in [9.17, 15) is 4.79 Å².